The molecule has 0 amide bonds. The summed E-state index contributed by atoms with van der Waals surface area (Å²) in [6, 6.07) is 0. The van der Waals surface area contributed by atoms with Crippen molar-refractivity contribution in [3.8, 4) is 0 Å². The number of esters is 2. The molecule has 0 saturated carbocycles. The average Bonchev–Trinajstić information content (AvgIpc) is 3.54. The zero-order valence-electron chi connectivity index (χ0n) is 57.7. The number of carbonyl (C=O) groups excluding carboxylic acids is 2. The molecule has 5 nitrogen and oxygen atoms in total. The average molecular weight is 1220 g/mol. The monoisotopic (exact) mass is 1220 g/mol. The van der Waals surface area contributed by atoms with E-state index in [9.17, 15) is 14.7 Å². The molecule has 0 bridgehead atoms. The normalized spacial score (nSPS) is 13.1. The molecule has 0 aliphatic rings. The van der Waals surface area contributed by atoms with Crippen molar-refractivity contribution < 1.29 is 24.2 Å². The SMILES string of the molecule is CC/C=C\C/C=C\C/C=C\C/C=C\C/C=C\C/C=C\C/C=C\C/C=C\CCCCCCCCCCCCC(=O)OC(CO)COC(=O)CCCCCCCCCCCCCCCCCCCCCCCCCCCC/C=C\C/C=C\C/C=C\C/C=C\CC. The second-order valence-corrected chi connectivity index (χ2v) is 24.6. The topological polar surface area (TPSA) is 72.8 Å². The Morgan fingerprint density at radius 2 is 0.455 bits per heavy atom. The number of aliphatic hydroxyl groups is 1. The first kappa shape index (κ1) is 83.8. The summed E-state index contributed by atoms with van der Waals surface area (Å²) in [6.07, 6.45) is 116. The van der Waals surface area contributed by atoms with Crippen LogP contribution in [0.15, 0.2) is 146 Å². The van der Waals surface area contributed by atoms with E-state index in [1.807, 2.05) is 0 Å². The number of unbranched alkanes of at least 4 members (excludes halogenated alkanes) is 36. The van der Waals surface area contributed by atoms with Gasteiger partial charge in [-0.1, -0.05) is 365 Å². The lowest BCUT2D eigenvalue weighted by Gasteiger charge is -2.15. The van der Waals surface area contributed by atoms with E-state index in [1.165, 1.54) is 205 Å². The van der Waals surface area contributed by atoms with Gasteiger partial charge in [0.25, 0.3) is 0 Å². The van der Waals surface area contributed by atoms with Gasteiger partial charge >= 0.3 is 11.9 Å². The lowest BCUT2D eigenvalue weighted by molar-refractivity contribution is -0.161. The highest BCUT2D eigenvalue weighted by atomic mass is 16.6. The summed E-state index contributed by atoms with van der Waals surface area (Å²) >= 11 is 0. The van der Waals surface area contributed by atoms with Gasteiger partial charge in [-0.3, -0.25) is 9.59 Å². The molecule has 502 valence electrons. The summed E-state index contributed by atoms with van der Waals surface area (Å²) in [4.78, 5) is 24.7. The minimum Gasteiger partial charge on any atom is -0.462 e. The Morgan fingerprint density at radius 1 is 0.261 bits per heavy atom. The van der Waals surface area contributed by atoms with Crippen LogP contribution in [0.2, 0.25) is 0 Å². The highest BCUT2D eigenvalue weighted by Gasteiger charge is 2.16. The molecule has 1 unspecified atom stereocenters. The molecule has 0 aromatic heterocycles. The first-order valence-corrected chi connectivity index (χ1v) is 37.4. The molecule has 5 heteroatoms. The van der Waals surface area contributed by atoms with Crippen LogP contribution in [0.5, 0.6) is 0 Å². The molecule has 0 saturated heterocycles. The predicted octanol–water partition coefficient (Wildman–Crippen LogP) is 26.4. The molecule has 0 rings (SSSR count). The standard InChI is InChI=1S/C83H140O5/c1-3-5-7-9-11-13-15-17-19-21-23-25-27-29-31-33-35-37-39-40-41-42-44-45-47-49-51-53-55-57-59-61-63-65-67-69-71-73-75-77-82(85)87-80-81(79-84)88-83(86)78-76-74-72-70-68-66-64-62-60-58-56-54-52-50-48-46-43-38-36-34-32-30-28-26-24-22-20-18-16-14-12-10-8-6-4-2/h5-8,11-14,17-20,23-26,30,32,36,38,46,48,52,54,81,84H,3-4,9-10,15-16,21-22,27-29,31,33-35,37,39-45,47,49-51,53,55-80H2,1-2H3/b7-5-,8-6-,13-11-,14-12-,19-17-,20-18-,25-23-,26-24-,32-30-,38-36-,48-46-,54-52-. The molecule has 0 fully saturated rings. The van der Waals surface area contributed by atoms with E-state index in [1.54, 1.807) is 0 Å². The molecule has 0 spiro atoms. The Hall–Kier alpha value is -4.22. The largest absolute Gasteiger partial charge is 0.462 e. The minimum atomic E-state index is -0.783. The van der Waals surface area contributed by atoms with Crippen molar-refractivity contribution in [1.29, 1.82) is 0 Å². The number of aliphatic hydroxyl groups excluding tert-OH is 1. The zero-order chi connectivity index (χ0) is 63.3. The van der Waals surface area contributed by atoms with Gasteiger partial charge in [-0.25, -0.2) is 0 Å². The zero-order valence-corrected chi connectivity index (χ0v) is 57.7. The van der Waals surface area contributed by atoms with Crippen molar-refractivity contribution in [2.75, 3.05) is 13.2 Å². The van der Waals surface area contributed by atoms with Crippen molar-refractivity contribution in [1.82, 2.24) is 0 Å². The predicted molar refractivity (Wildman–Crippen MR) is 389 cm³/mol. The van der Waals surface area contributed by atoms with Gasteiger partial charge in [-0.15, -0.1) is 0 Å². The van der Waals surface area contributed by atoms with E-state index in [0.717, 1.165) is 116 Å². The van der Waals surface area contributed by atoms with Crippen LogP contribution >= 0.6 is 0 Å². The van der Waals surface area contributed by atoms with Crippen molar-refractivity contribution >= 4 is 11.9 Å². The third-order valence-corrected chi connectivity index (χ3v) is 16.1. The molecule has 88 heavy (non-hydrogen) atoms. The second kappa shape index (κ2) is 77.0. The van der Waals surface area contributed by atoms with Gasteiger partial charge in [0.15, 0.2) is 6.10 Å². The highest BCUT2D eigenvalue weighted by molar-refractivity contribution is 5.70. The van der Waals surface area contributed by atoms with Crippen molar-refractivity contribution in [3.63, 3.8) is 0 Å². The third kappa shape index (κ3) is 74.2. The van der Waals surface area contributed by atoms with Crippen LogP contribution < -0.4 is 0 Å². The lowest BCUT2D eigenvalue weighted by Crippen LogP contribution is -2.28. The van der Waals surface area contributed by atoms with E-state index in [-0.39, 0.29) is 25.2 Å². The quantitative estimate of drug-likeness (QED) is 0.0373. The van der Waals surface area contributed by atoms with E-state index in [4.69, 9.17) is 9.47 Å². The van der Waals surface area contributed by atoms with E-state index in [2.05, 4.69) is 160 Å². The smallest absolute Gasteiger partial charge is 0.306 e. The number of allylic oxidation sites excluding steroid dienone is 24. The molecular weight excluding hydrogens is 1080 g/mol. The van der Waals surface area contributed by atoms with E-state index in [0.29, 0.717) is 12.8 Å². The van der Waals surface area contributed by atoms with Gasteiger partial charge in [0.1, 0.15) is 6.61 Å². The van der Waals surface area contributed by atoms with Gasteiger partial charge in [-0.2, -0.15) is 0 Å². The Morgan fingerprint density at radius 3 is 0.682 bits per heavy atom. The number of rotatable bonds is 68. The van der Waals surface area contributed by atoms with Crippen LogP contribution in [-0.4, -0.2) is 36.4 Å². The highest BCUT2D eigenvalue weighted by Crippen LogP contribution is 2.18. The fourth-order valence-corrected chi connectivity index (χ4v) is 10.6. The van der Waals surface area contributed by atoms with Crippen LogP contribution in [0.25, 0.3) is 0 Å². The maximum atomic E-state index is 12.4. The van der Waals surface area contributed by atoms with Crippen molar-refractivity contribution in [2.24, 2.45) is 0 Å². The lowest BCUT2D eigenvalue weighted by atomic mass is 10.0. The van der Waals surface area contributed by atoms with Crippen LogP contribution in [0.4, 0.5) is 0 Å². The minimum absolute atomic E-state index is 0.0705. The number of ether oxygens (including phenoxy) is 2. The summed E-state index contributed by atoms with van der Waals surface area (Å²) in [5.74, 6) is -0.588. The molecule has 0 heterocycles. The summed E-state index contributed by atoms with van der Waals surface area (Å²) in [5, 5.41) is 9.72. The first-order valence-electron chi connectivity index (χ1n) is 37.4. The van der Waals surface area contributed by atoms with Gasteiger partial charge in [0.2, 0.25) is 0 Å². The van der Waals surface area contributed by atoms with Crippen LogP contribution in [0, 0.1) is 0 Å². The molecule has 1 atom stereocenters. The summed E-state index contributed by atoms with van der Waals surface area (Å²) in [7, 11) is 0. The Kier molecular flexibility index (Phi) is 73.3. The van der Waals surface area contributed by atoms with Crippen molar-refractivity contribution in [3.05, 3.63) is 146 Å². The third-order valence-electron chi connectivity index (χ3n) is 16.1. The molecule has 0 radical (unpaired) electrons. The van der Waals surface area contributed by atoms with Crippen LogP contribution in [0.1, 0.15) is 348 Å². The summed E-state index contributed by atoms with van der Waals surface area (Å²) in [5.41, 5.74) is 0. The van der Waals surface area contributed by atoms with E-state index < -0.39 is 6.10 Å². The molecule has 0 aliphatic heterocycles. The van der Waals surface area contributed by atoms with Crippen molar-refractivity contribution in [2.45, 2.75) is 354 Å². The first-order chi connectivity index (χ1) is 43.6. The summed E-state index contributed by atoms with van der Waals surface area (Å²) in [6.45, 7) is 3.94. The fraction of sp³-hybridized carbons (Fsp3) is 0.687. The number of hydrogen-bond donors (Lipinski definition) is 1. The molecular formula is C83H140O5. The maximum Gasteiger partial charge on any atom is 0.306 e. The Balaban J connectivity index is 3.47. The maximum absolute atomic E-state index is 12.4. The van der Waals surface area contributed by atoms with E-state index >= 15 is 0 Å². The Labute approximate surface area is 546 Å². The van der Waals surface area contributed by atoms with Gasteiger partial charge in [0.05, 0.1) is 6.61 Å². The molecule has 0 aliphatic carbocycles. The van der Waals surface area contributed by atoms with Gasteiger partial charge in [0, 0.05) is 12.8 Å². The van der Waals surface area contributed by atoms with Gasteiger partial charge in [-0.05, 0) is 116 Å². The summed E-state index contributed by atoms with van der Waals surface area (Å²) < 4.78 is 10.8. The second-order valence-electron chi connectivity index (χ2n) is 24.6. The molecule has 0 aromatic carbocycles. The molecule has 1 N–H and O–H groups in total. The fourth-order valence-electron chi connectivity index (χ4n) is 10.6. The van der Waals surface area contributed by atoms with Crippen LogP contribution in [0.3, 0.4) is 0 Å². The molecule has 0 aromatic rings. The van der Waals surface area contributed by atoms with Gasteiger partial charge < -0.3 is 14.6 Å². The number of carbonyl (C=O) groups is 2. The number of hydrogen-bond acceptors (Lipinski definition) is 5. The Bertz CT molecular complexity index is 1810. The van der Waals surface area contributed by atoms with Crippen LogP contribution in [-0.2, 0) is 19.1 Å².